The molecule has 1 aromatic carbocycles. The van der Waals surface area contributed by atoms with Gasteiger partial charge in [0.05, 0.1) is 0 Å². The molecule has 0 heterocycles. The molecule has 1 aliphatic rings. The highest BCUT2D eigenvalue weighted by Gasteiger charge is 2.36. The number of hydrogen-bond donors (Lipinski definition) is 1. The van der Waals surface area contributed by atoms with Crippen LogP contribution in [0.15, 0.2) is 18.2 Å². The fourth-order valence-corrected chi connectivity index (χ4v) is 1.85. The van der Waals surface area contributed by atoms with Crippen molar-refractivity contribution in [2.75, 3.05) is 0 Å². The van der Waals surface area contributed by atoms with Crippen molar-refractivity contribution in [1.29, 1.82) is 0 Å². The lowest BCUT2D eigenvalue weighted by Gasteiger charge is -2.12. The van der Waals surface area contributed by atoms with Crippen molar-refractivity contribution in [3.8, 4) is 0 Å². The molecule has 0 saturated heterocycles. The first-order valence-corrected chi connectivity index (χ1v) is 5.40. The van der Waals surface area contributed by atoms with Crippen LogP contribution in [0.3, 0.4) is 0 Å². The smallest absolute Gasteiger partial charge is 0.0210 e. The van der Waals surface area contributed by atoms with Gasteiger partial charge in [-0.2, -0.15) is 0 Å². The van der Waals surface area contributed by atoms with Crippen molar-refractivity contribution < 1.29 is 0 Å². The van der Waals surface area contributed by atoms with Gasteiger partial charge in [0.1, 0.15) is 0 Å². The molecular weight excluding hydrogens is 170 g/mol. The maximum Gasteiger partial charge on any atom is 0.0210 e. The molecule has 0 unspecified atom stereocenters. The maximum absolute atomic E-state index is 3.60. The molecule has 0 spiro atoms. The van der Waals surface area contributed by atoms with E-state index in [1.807, 2.05) is 0 Å². The average molecular weight is 189 g/mol. The highest BCUT2D eigenvalue weighted by molar-refractivity contribution is 5.28. The zero-order valence-electron chi connectivity index (χ0n) is 9.35. The van der Waals surface area contributed by atoms with Gasteiger partial charge in [0.2, 0.25) is 0 Å². The van der Waals surface area contributed by atoms with Crippen molar-refractivity contribution in [3.63, 3.8) is 0 Å². The zero-order chi connectivity index (χ0) is 10.2. The quantitative estimate of drug-likeness (QED) is 0.771. The Morgan fingerprint density at radius 2 is 1.71 bits per heavy atom. The molecule has 1 N–H and O–H groups in total. The summed E-state index contributed by atoms with van der Waals surface area (Å²) in [6.45, 7) is 7.64. The minimum atomic E-state index is 0.442. The Balaban J connectivity index is 2.01. The standard InChI is InChI=1S/C13H19N/c1-10-6-11(2)8-12(7-10)9-14-13(3)4-5-13/h6-8,14H,4-5,9H2,1-3H3. The van der Waals surface area contributed by atoms with E-state index in [-0.39, 0.29) is 0 Å². The van der Waals surface area contributed by atoms with Crippen molar-refractivity contribution >= 4 is 0 Å². The third-order valence-electron chi connectivity index (χ3n) is 3.00. The van der Waals surface area contributed by atoms with Gasteiger partial charge in [-0.05, 0) is 39.2 Å². The third kappa shape index (κ3) is 2.36. The van der Waals surface area contributed by atoms with Crippen LogP contribution in [0.25, 0.3) is 0 Å². The minimum absolute atomic E-state index is 0.442. The van der Waals surface area contributed by atoms with Crippen LogP contribution in [-0.2, 0) is 6.54 Å². The van der Waals surface area contributed by atoms with Gasteiger partial charge in [0, 0.05) is 12.1 Å². The Labute approximate surface area is 86.5 Å². The van der Waals surface area contributed by atoms with Crippen LogP contribution in [0, 0.1) is 13.8 Å². The summed E-state index contributed by atoms with van der Waals surface area (Å²) in [6, 6.07) is 6.76. The number of nitrogens with one attached hydrogen (secondary N) is 1. The molecule has 0 amide bonds. The van der Waals surface area contributed by atoms with Gasteiger partial charge in [0.15, 0.2) is 0 Å². The molecule has 0 atom stereocenters. The van der Waals surface area contributed by atoms with Crippen molar-refractivity contribution in [2.24, 2.45) is 0 Å². The summed E-state index contributed by atoms with van der Waals surface area (Å²) >= 11 is 0. The number of aryl methyl sites for hydroxylation is 2. The second-order valence-corrected chi connectivity index (χ2v) is 4.91. The van der Waals surface area contributed by atoms with E-state index >= 15 is 0 Å². The molecule has 1 aromatic rings. The normalized spacial score (nSPS) is 18.2. The van der Waals surface area contributed by atoms with Crippen LogP contribution < -0.4 is 5.32 Å². The molecular formula is C13H19N. The Bertz CT molecular complexity index is 317. The fourth-order valence-electron chi connectivity index (χ4n) is 1.85. The molecule has 1 fully saturated rings. The SMILES string of the molecule is Cc1cc(C)cc(CNC2(C)CC2)c1. The van der Waals surface area contributed by atoms with Crippen molar-refractivity contribution in [2.45, 2.75) is 45.7 Å². The first kappa shape index (κ1) is 9.72. The van der Waals surface area contributed by atoms with Gasteiger partial charge >= 0.3 is 0 Å². The summed E-state index contributed by atoms with van der Waals surface area (Å²) in [4.78, 5) is 0. The summed E-state index contributed by atoms with van der Waals surface area (Å²) in [6.07, 6.45) is 2.66. The van der Waals surface area contributed by atoms with E-state index in [0.29, 0.717) is 5.54 Å². The van der Waals surface area contributed by atoms with Crippen LogP contribution >= 0.6 is 0 Å². The van der Waals surface area contributed by atoms with E-state index in [0.717, 1.165) is 6.54 Å². The number of hydrogen-bond acceptors (Lipinski definition) is 1. The largest absolute Gasteiger partial charge is 0.307 e. The van der Waals surface area contributed by atoms with Crippen molar-refractivity contribution in [3.05, 3.63) is 34.9 Å². The van der Waals surface area contributed by atoms with E-state index in [1.54, 1.807) is 0 Å². The summed E-state index contributed by atoms with van der Waals surface area (Å²) in [5.74, 6) is 0. The lowest BCUT2D eigenvalue weighted by Crippen LogP contribution is -2.26. The summed E-state index contributed by atoms with van der Waals surface area (Å²) in [7, 11) is 0. The van der Waals surface area contributed by atoms with E-state index in [9.17, 15) is 0 Å². The van der Waals surface area contributed by atoms with E-state index < -0.39 is 0 Å². The Hall–Kier alpha value is -0.820. The second kappa shape index (κ2) is 3.39. The number of benzene rings is 1. The molecule has 2 rings (SSSR count). The molecule has 0 aromatic heterocycles. The van der Waals surface area contributed by atoms with Gasteiger partial charge in [-0.3, -0.25) is 0 Å². The first-order valence-electron chi connectivity index (χ1n) is 5.40. The summed E-state index contributed by atoms with van der Waals surface area (Å²) in [5, 5.41) is 3.60. The first-order chi connectivity index (χ1) is 6.57. The minimum Gasteiger partial charge on any atom is -0.307 e. The predicted molar refractivity (Wildman–Crippen MR) is 60.4 cm³/mol. The summed E-state index contributed by atoms with van der Waals surface area (Å²) < 4.78 is 0. The molecule has 1 nitrogen and oxygen atoms in total. The molecule has 0 bridgehead atoms. The zero-order valence-corrected chi connectivity index (χ0v) is 9.35. The van der Waals surface area contributed by atoms with Gasteiger partial charge in [0.25, 0.3) is 0 Å². The molecule has 0 aliphatic heterocycles. The predicted octanol–water partition coefficient (Wildman–Crippen LogP) is 2.95. The third-order valence-corrected chi connectivity index (χ3v) is 3.00. The van der Waals surface area contributed by atoms with Crippen molar-refractivity contribution in [1.82, 2.24) is 5.32 Å². The summed E-state index contributed by atoms with van der Waals surface area (Å²) in [5.41, 5.74) is 4.58. The fraction of sp³-hybridized carbons (Fsp3) is 0.538. The van der Waals surface area contributed by atoms with Gasteiger partial charge < -0.3 is 5.32 Å². The average Bonchev–Trinajstić information content (AvgIpc) is 2.80. The molecule has 76 valence electrons. The monoisotopic (exact) mass is 189 g/mol. The lowest BCUT2D eigenvalue weighted by molar-refractivity contribution is 0.537. The number of rotatable bonds is 3. The topological polar surface area (TPSA) is 12.0 Å². The van der Waals surface area contributed by atoms with Crippen LogP contribution in [-0.4, -0.2) is 5.54 Å². The molecule has 0 radical (unpaired) electrons. The molecule has 1 saturated carbocycles. The highest BCUT2D eigenvalue weighted by atomic mass is 15.0. The van der Waals surface area contributed by atoms with Gasteiger partial charge in [-0.1, -0.05) is 29.3 Å². The Morgan fingerprint density at radius 1 is 1.14 bits per heavy atom. The van der Waals surface area contributed by atoms with Crippen LogP contribution in [0.1, 0.15) is 36.5 Å². The van der Waals surface area contributed by atoms with E-state index in [2.05, 4.69) is 44.3 Å². The molecule has 1 aliphatic carbocycles. The van der Waals surface area contributed by atoms with Gasteiger partial charge in [-0.15, -0.1) is 0 Å². The van der Waals surface area contributed by atoms with Crippen LogP contribution in [0.4, 0.5) is 0 Å². The Kier molecular flexibility index (Phi) is 2.36. The lowest BCUT2D eigenvalue weighted by atomic mass is 10.1. The maximum atomic E-state index is 3.60. The second-order valence-electron chi connectivity index (χ2n) is 4.91. The Morgan fingerprint density at radius 3 is 2.21 bits per heavy atom. The van der Waals surface area contributed by atoms with Crippen LogP contribution in [0.2, 0.25) is 0 Å². The van der Waals surface area contributed by atoms with Gasteiger partial charge in [-0.25, -0.2) is 0 Å². The highest BCUT2D eigenvalue weighted by Crippen LogP contribution is 2.34. The van der Waals surface area contributed by atoms with E-state index in [4.69, 9.17) is 0 Å². The molecule has 14 heavy (non-hydrogen) atoms. The van der Waals surface area contributed by atoms with E-state index in [1.165, 1.54) is 29.5 Å². The molecule has 1 heteroatoms. The van der Waals surface area contributed by atoms with Crippen LogP contribution in [0.5, 0.6) is 0 Å².